The van der Waals surface area contributed by atoms with Gasteiger partial charge in [0.15, 0.2) is 0 Å². The first-order chi connectivity index (χ1) is 27.2. The van der Waals surface area contributed by atoms with E-state index in [2.05, 4.69) is 32.6 Å². The Morgan fingerprint density at radius 2 is 0.750 bits per heavy atom. The monoisotopic (exact) mass is 794 g/mol. The molecule has 0 aromatic rings. The maximum atomic E-state index is 12.6. The minimum Gasteiger partial charge on any atom is -0.466 e. The summed E-state index contributed by atoms with van der Waals surface area (Å²) in [5, 5.41) is 0. The standard InChI is InChI=1S/C49H95NO6/c1-7-11-21-30-44(31-22-12-8-2)37-39-47(51)54-42-27-19-15-17-25-34-46(56-49(53)36-29-41-50(5)6)35-26-18-16-20-28-43-55-48(52)40-38-45(32-23-13-9-3)33-24-14-10-4/h44-46H,7-43H2,1-6H3. The van der Waals surface area contributed by atoms with Gasteiger partial charge in [0, 0.05) is 19.3 Å². The van der Waals surface area contributed by atoms with Crippen LogP contribution in [0, 0.1) is 11.8 Å². The van der Waals surface area contributed by atoms with E-state index in [1.807, 2.05) is 14.1 Å². The van der Waals surface area contributed by atoms with Crippen molar-refractivity contribution in [3.05, 3.63) is 0 Å². The van der Waals surface area contributed by atoms with Gasteiger partial charge in [-0.2, -0.15) is 0 Å². The highest BCUT2D eigenvalue weighted by Crippen LogP contribution is 2.24. The highest BCUT2D eigenvalue weighted by Gasteiger charge is 2.16. The van der Waals surface area contributed by atoms with E-state index in [1.165, 1.54) is 103 Å². The zero-order valence-corrected chi connectivity index (χ0v) is 38.3. The second-order valence-electron chi connectivity index (χ2n) is 17.4. The molecule has 56 heavy (non-hydrogen) atoms. The summed E-state index contributed by atoms with van der Waals surface area (Å²) in [5.41, 5.74) is 0. The number of carbonyl (C=O) groups is 3. The number of hydrogen-bond donors (Lipinski definition) is 0. The molecule has 0 aliphatic carbocycles. The molecule has 0 N–H and O–H groups in total. The van der Waals surface area contributed by atoms with Crippen LogP contribution in [-0.2, 0) is 28.6 Å². The predicted molar refractivity (Wildman–Crippen MR) is 237 cm³/mol. The van der Waals surface area contributed by atoms with Crippen molar-refractivity contribution in [2.24, 2.45) is 11.8 Å². The second-order valence-corrected chi connectivity index (χ2v) is 17.4. The van der Waals surface area contributed by atoms with E-state index in [0.717, 1.165) is 103 Å². The predicted octanol–water partition coefficient (Wildman–Crippen LogP) is 14.1. The Bertz CT molecular complexity index is 803. The number of hydrogen-bond acceptors (Lipinski definition) is 7. The summed E-state index contributed by atoms with van der Waals surface area (Å²) in [6, 6.07) is 0. The molecule has 0 amide bonds. The van der Waals surface area contributed by atoms with Crippen LogP contribution in [0.15, 0.2) is 0 Å². The van der Waals surface area contributed by atoms with Crippen LogP contribution in [-0.4, -0.2) is 62.8 Å². The molecule has 0 spiro atoms. The maximum Gasteiger partial charge on any atom is 0.306 e. The van der Waals surface area contributed by atoms with E-state index < -0.39 is 0 Å². The summed E-state index contributed by atoms with van der Waals surface area (Å²) in [7, 11) is 4.06. The zero-order valence-electron chi connectivity index (χ0n) is 38.3. The second kappa shape index (κ2) is 41.5. The maximum absolute atomic E-state index is 12.6. The van der Waals surface area contributed by atoms with E-state index in [1.54, 1.807) is 0 Å². The van der Waals surface area contributed by atoms with Gasteiger partial charge in [-0.1, -0.05) is 169 Å². The van der Waals surface area contributed by atoms with Crippen LogP contribution < -0.4 is 0 Å². The van der Waals surface area contributed by atoms with Gasteiger partial charge < -0.3 is 19.1 Å². The summed E-state index contributed by atoms with van der Waals surface area (Å²) in [6.45, 7) is 11.0. The average Bonchev–Trinajstić information content (AvgIpc) is 3.17. The van der Waals surface area contributed by atoms with Gasteiger partial charge in [-0.3, -0.25) is 14.4 Å². The van der Waals surface area contributed by atoms with Crippen LogP contribution in [0.2, 0.25) is 0 Å². The van der Waals surface area contributed by atoms with Crippen molar-refractivity contribution >= 4 is 17.9 Å². The van der Waals surface area contributed by atoms with Crippen molar-refractivity contribution < 1.29 is 28.6 Å². The molecule has 0 aromatic heterocycles. The fourth-order valence-corrected chi connectivity index (χ4v) is 7.81. The third-order valence-electron chi connectivity index (χ3n) is 11.5. The Kier molecular flexibility index (Phi) is 40.3. The van der Waals surface area contributed by atoms with Crippen LogP contribution in [0.3, 0.4) is 0 Å². The Morgan fingerprint density at radius 1 is 0.393 bits per heavy atom. The smallest absolute Gasteiger partial charge is 0.306 e. The molecule has 0 unspecified atom stereocenters. The first kappa shape index (κ1) is 54.4. The topological polar surface area (TPSA) is 82.1 Å². The van der Waals surface area contributed by atoms with Gasteiger partial charge in [0.25, 0.3) is 0 Å². The fourth-order valence-electron chi connectivity index (χ4n) is 7.81. The van der Waals surface area contributed by atoms with Gasteiger partial charge in [-0.25, -0.2) is 0 Å². The molecule has 7 heteroatoms. The Balaban J connectivity index is 4.33. The van der Waals surface area contributed by atoms with Crippen molar-refractivity contribution in [1.29, 1.82) is 0 Å². The quantitative estimate of drug-likeness (QED) is 0.0345. The fraction of sp³-hybridized carbons (Fsp3) is 0.939. The van der Waals surface area contributed by atoms with Gasteiger partial charge >= 0.3 is 17.9 Å². The number of esters is 3. The highest BCUT2D eigenvalue weighted by atomic mass is 16.5. The average molecular weight is 794 g/mol. The third kappa shape index (κ3) is 37.9. The lowest BCUT2D eigenvalue weighted by molar-refractivity contribution is -0.150. The summed E-state index contributed by atoms with van der Waals surface area (Å²) < 4.78 is 17.2. The molecular weight excluding hydrogens is 699 g/mol. The first-order valence-corrected chi connectivity index (χ1v) is 24.4. The number of rotatable bonds is 43. The van der Waals surface area contributed by atoms with Crippen LogP contribution in [0.5, 0.6) is 0 Å². The first-order valence-electron chi connectivity index (χ1n) is 24.4. The molecule has 0 bridgehead atoms. The molecule has 0 aliphatic heterocycles. The Hall–Kier alpha value is -1.63. The summed E-state index contributed by atoms with van der Waals surface area (Å²) in [4.78, 5) is 39.6. The lowest BCUT2D eigenvalue weighted by atomic mass is 9.91. The number of nitrogens with zero attached hydrogens (tertiary/aromatic N) is 1. The number of ether oxygens (including phenoxy) is 3. The largest absolute Gasteiger partial charge is 0.466 e. The SMILES string of the molecule is CCCCCC(CCCCC)CCC(=O)OCCCCCCCC(CCCCCCCOC(=O)CCC(CCCCC)CCCCC)OC(=O)CCCN(C)C. The molecule has 0 aromatic carbocycles. The van der Waals surface area contributed by atoms with E-state index in [4.69, 9.17) is 14.2 Å². The summed E-state index contributed by atoms with van der Waals surface area (Å²) >= 11 is 0. The summed E-state index contributed by atoms with van der Waals surface area (Å²) in [6.07, 6.45) is 37.0. The van der Waals surface area contributed by atoms with Crippen molar-refractivity contribution in [2.75, 3.05) is 33.9 Å². The molecule has 0 saturated carbocycles. The third-order valence-corrected chi connectivity index (χ3v) is 11.5. The van der Waals surface area contributed by atoms with Crippen LogP contribution >= 0.6 is 0 Å². The molecule has 332 valence electrons. The van der Waals surface area contributed by atoms with E-state index in [9.17, 15) is 14.4 Å². The van der Waals surface area contributed by atoms with Crippen LogP contribution in [0.1, 0.15) is 246 Å². The minimum absolute atomic E-state index is 0.00990. The zero-order chi connectivity index (χ0) is 41.3. The van der Waals surface area contributed by atoms with Gasteiger partial charge in [-0.15, -0.1) is 0 Å². The van der Waals surface area contributed by atoms with E-state index in [0.29, 0.717) is 44.3 Å². The lowest BCUT2D eigenvalue weighted by Crippen LogP contribution is -2.20. The number of carbonyl (C=O) groups excluding carboxylic acids is 3. The molecular formula is C49H95NO6. The van der Waals surface area contributed by atoms with Crippen molar-refractivity contribution in [3.63, 3.8) is 0 Å². The molecule has 0 fully saturated rings. The Morgan fingerprint density at radius 3 is 1.12 bits per heavy atom. The summed E-state index contributed by atoms with van der Waals surface area (Å²) in [5.74, 6) is 1.21. The minimum atomic E-state index is -0.0676. The van der Waals surface area contributed by atoms with Crippen LogP contribution in [0.4, 0.5) is 0 Å². The Labute approximate surface area is 348 Å². The van der Waals surface area contributed by atoms with E-state index >= 15 is 0 Å². The molecule has 0 rings (SSSR count). The van der Waals surface area contributed by atoms with Crippen molar-refractivity contribution in [2.45, 2.75) is 252 Å². The van der Waals surface area contributed by atoms with Gasteiger partial charge in [0.2, 0.25) is 0 Å². The molecule has 0 heterocycles. The van der Waals surface area contributed by atoms with Gasteiger partial charge in [-0.05, 0) is 90.3 Å². The molecule has 0 atom stereocenters. The molecule has 0 radical (unpaired) electrons. The van der Waals surface area contributed by atoms with Crippen molar-refractivity contribution in [1.82, 2.24) is 4.90 Å². The number of unbranched alkanes of at least 4 members (excludes halogenated alkanes) is 16. The van der Waals surface area contributed by atoms with Gasteiger partial charge in [0.05, 0.1) is 13.2 Å². The van der Waals surface area contributed by atoms with Crippen LogP contribution in [0.25, 0.3) is 0 Å². The van der Waals surface area contributed by atoms with E-state index in [-0.39, 0.29) is 24.0 Å². The lowest BCUT2D eigenvalue weighted by Gasteiger charge is -2.18. The molecule has 0 aliphatic rings. The molecule has 7 nitrogen and oxygen atoms in total. The normalized spacial score (nSPS) is 11.7. The highest BCUT2D eigenvalue weighted by molar-refractivity contribution is 5.70. The molecule has 0 saturated heterocycles. The van der Waals surface area contributed by atoms with Crippen molar-refractivity contribution in [3.8, 4) is 0 Å². The van der Waals surface area contributed by atoms with Gasteiger partial charge in [0.1, 0.15) is 6.10 Å².